The monoisotopic (exact) mass is 764 g/mol. The number of guanidine groups is 1. The van der Waals surface area contributed by atoms with Crippen molar-refractivity contribution in [2.75, 3.05) is 13.2 Å². The summed E-state index contributed by atoms with van der Waals surface area (Å²) in [5.41, 5.74) is 25.1. The van der Waals surface area contributed by atoms with Gasteiger partial charge in [-0.2, -0.15) is 13.2 Å². The molecule has 0 radical (unpaired) electrons. The van der Waals surface area contributed by atoms with Crippen molar-refractivity contribution in [3.63, 3.8) is 0 Å². The Morgan fingerprint density at radius 1 is 0.782 bits per heavy atom. The van der Waals surface area contributed by atoms with Gasteiger partial charge >= 0.3 is 12.1 Å². The summed E-state index contributed by atoms with van der Waals surface area (Å²) in [6.45, 7) is 0.293. The number of carboxylic acids is 1. The molecule has 0 heterocycles. The van der Waals surface area contributed by atoms with Crippen molar-refractivity contribution >= 4 is 46.3 Å². The fourth-order valence-corrected chi connectivity index (χ4v) is 5.23. The zero-order valence-electron chi connectivity index (χ0n) is 29.6. The summed E-state index contributed by atoms with van der Waals surface area (Å²) in [6, 6.07) is 28.0. The number of primary amides is 1. The first kappa shape index (κ1) is 42.9. The lowest BCUT2D eigenvalue weighted by molar-refractivity contribution is -0.192. The molecule has 0 aromatic heterocycles. The molecule has 4 aromatic carbocycles. The van der Waals surface area contributed by atoms with Gasteiger partial charge in [-0.1, -0.05) is 97.1 Å². The maximum atomic E-state index is 14.2. The van der Waals surface area contributed by atoms with Crippen molar-refractivity contribution in [1.82, 2.24) is 10.6 Å². The Morgan fingerprint density at radius 3 is 1.96 bits per heavy atom. The standard InChI is InChI=1S/C36H42N8O4.C2HF3O2/c37-32(38)26-14-12-23(13-15-26)19-29(28-17-16-25-9-4-5-10-27(25)20-28)34(46)44-31(22-48-21-24-7-2-1-3-8-24)35(47)43-30(33(39)45)11-6-18-42-36(40)41;3-2(4,5)1(6)7/h1-5,7-10,12-17,20,29-31H,6,11,18-19,21-22H2,(H3,37,38)(H2,39,45)(H,43,47)(H,44,46)(H4,40,41,42);(H,6,7)/t29-,30+,31+;/m1./s1. The third-order valence-corrected chi connectivity index (χ3v) is 8.07. The van der Waals surface area contributed by atoms with Gasteiger partial charge in [-0.15, -0.1) is 0 Å². The summed E-state index contributed by atoms with van der Waals surface area (Å²) in [5.74, 6) is -5.35. The van der Waals surface area contributed by atoms with Gasteiger partial charge in [0.15, 0.2) is 5.96 Å². The quantitative estimate of drug-likeness (QED) is 0.0446. The van der Waals surface area contributed by atoms with Gasteiger partial charge in [0.05, 0.1) is 19.1 Å². The largest absolute Gasteiger partial charge is 0.490 e. The Hall–Kier alpha value is -6.49. The molecule has 14 nitrogen and oxygen atoms in total. The van der Waals surface area contributed by atoms with Gasteiger partial charge in [-0.05, 0) is 46.7 Å². The number of carbonyl (C=O) groups excluding carboxylic acids is 3. The second kappa shape index (κ2) is 20.7. The Labute approximate surface area is 314 Å². The first-order chi connectivity index (χ1) is 26.0. The number of ether oxygens (including phenoxy) is 1. The minimum absolute atomic E-state index is 0.0553. The predicted octanol–water partition coefficient (Wildman–Crippen LogP) is 2.81. The number of nitrogens with one attached hydrogen (secondary N) is 3. The van der Waals surface area contributed by atoms with Crippen LogP contribution in [0, 0.1) is 5.41 Å². The number of amides is 3. The van der Waals surface area contributed by atoms with Crippen LogP contribution in [0.25, 0.3) is 10.8 Å². The molecule has 12 N–H and O–H groups in total. The molecule has 3 amide bonds. The molecule has 4 aromatic rings. The number of hydrogen-bond acceptors (Lipinski definition) is 7. The van der Waals surface area contributed by atoms with E-state index in [0.717, 1.165) is 27.5 Å². The van der Waals surface area contributed by atoms with Crippen LogP contribution in [0.15, 0.2) is 102 Å². The lowest BCUT2D eigenvalue weighted by Crippen LogP contribution is -2.55. The zero-order valence-corrected chi connectivity index (χ0v) is 29.6. The number of nitrogens with zero attached hydrogens (tertiary/aromatic N) is 1. The number of amidine groups is 1. The summed E-state index contributed by atoms with van der Waals surface area (Å²) in [7, 11) is 0. The van der Waals surface area contributed by atoms with E-state index < -0.39 is 47.9 Å². The second-order valence-electron chi connectivity index (χ2n) is 12.3. The molecule has 292 valence electrons. The van der Waals surface area contributed by atoms with Gasteiger partial charge < -0.3 is 43.4 Å². The van der Waals surface area contributed by atoms with Gasteiger partial charge in [0.25, 0.3) is 0 Å². The highest BCUT2D eigenvalue weighted by Gasteiger charge is 2.38. The van der Waals surface area contributed by atoms with Gasteiger partial charge in [0, 0.05) is 12.1 Å². The van der Waals surface area contributed by atoms with Crippen molar-refractivity contribution in [3.05, 3.63) is 119 Å². The number of hydrogen-bond donors (Lipinski definition) is 8. The van der Waals surface area contributed by atoms with E-state index in [0.29, 0.717) is 18.4 Å². The molecule has 55 heavy (non-hydrogen) atoms. The van der Waals surface area contributed by atoms with E-state index in [4.69, 9.17) is 43.0 Å². The fraction of sp³-hybridized carbons (Fsp3) is 0.263. The Balaban J connectivity index is 0.00000106. The highest BCUT2D eigenvalue weighted by molar-refractivity contribution is 5.95. The van der Waals surface area contributed by atoms with Crippen LogP contribution < -0.4 is 33.6 Å². The number of carbonyl (C=O) groups is 4. The van der Waals surface area contributed by atoms with Crippen molar-refractivity contribution in [3.8, 4) is 0 Å². The topological polar surface area (TPSA) is 262 Å². The number of aliphatic carboxylic acids is 1. The molecule has 0 unspecified atom stereocenters. The minimum Gasteiger partial charge on any atom is -0.475 e. The van der Waals surface area contributed by atoms with Crippen LogP contribution in [0.4, 0.5) is 13.2 Å². The van der Waals surface area contributed by atoms with E-state index in [2.05, 4.69) is 15.6 Å². The van der Waals surface area contributed by atoms with Crippen LogP contribution in [0.1, 0.15) is 41.0 Å². The maximum Gasteiger partial charge on any atom is 0.490 e. The summed E-state index contributed by atoms with van der Waals surface area (Å²) in [4.78, 5) is 52.9. The maximum absolute atomic E-state index is 14.2. The first-order valence-electron chi connectivity index (χ1n) is 16.8. The lowest BCUT2D eigenvalue weighted by atomic mass is 9.89. The van der Waals surface area contributed by atoms with Crippen LogP contribution in [-0.2, 0) is 36.9 Å². The molecule has 17 heteroatoms. The average molecular weight is 765 g/mol. The van der Waals surface area contributed by atoms with Crippen LogP contribution in [-0.4, -0.2) is 72.0 Å². The van der Waals surface area contributed by atoms with Crippen molar-refractivity contribution in [1.29, 1.82) is 5.41 Å². The lowest BCUT2D eigenvalue weighted by Gasteiger charge is -2.25. The Bertz CT molecular complexity index is 1960. The number of benzene rings is 4. The molecule has 0 bridgehead atoms. The normalized spacial score (nSPS) is 12.6. The van der Waals surface area contributed by atoms with E-state index in [9.17, 15) is 27.6 Å². The van der Waals surface area contributed by atoms with Crippen LogP contribution in [0.2, 0.25) is 0 Å². The van der Waals surface area contributed by atoms with Crippen LogP contribution >= 0.6 is 0 Å². The minimum atomic E-state index is -5.08. The number of carboxylic acid groups (broad SMARTS) is 1. The summed E-state index contributed by atoms with van der Waals surface area (Å²) >= 11 is 0. The van der Waals surface area contributed by atoms with E-state index in [1.54, 1.807) is 12.1 Å². The van der Waals surface area contributed by atoms with E-state index >= 15 is 0 Å². The average Bonchev–Trinajstić information content (AvgIpc) is 3.14. The number of rotatable bonds is 17. The molecule has 3 atom stereocenters. The third kappa shape index (κ3) is 14.5. The number of fused-ring (bicyclic) bond motifs is 1. The van der Waals surface area contributed by atoms with Crippen molar-refractivity contribution in [2.24, 2.45) is 27.9 Å². The third-order valence-electron chi connectivity index (χ3n) is 8.07. The molecule has 0 spiro atoms. The summed E-state index contributed by atoms with van der Waals surface area (Å²) in [6.07, 6.45) is -4.20. The van der Waals surface area contributed by atoms with Gasteiger partial charge in [-0.25, -0.2) is 4.79 Å². The van der Waals surface area contributed by atoms with Gasteiger partial charge in [-0.3, -0.25) is 24.8 Å². The second-order valence-corrected chi connectivity index (χ2v) is 12.3. The van der Waals surface area contributed by atoms with E-state index in [1.165, 1.54) is 0 Å². The highest BCUT2D eigenvalue weighted by Crippen LogP contribution is 2.26. The van der Waals surface area contributed by atoms with Crippen molar-refractivity contribution in [2.45, 2.75) is 50.0 Å². The smallest absolute Gasteiger partial charge is 0.475 e. The molecular weight excluding hydrogens is 721 g/mol. The van der Waals surface area contributed by atoms with Crippen LogP contribution in [0.5, 0.6) is 0 Å². The van der Waals surface area contributed by atoms with Crippen molar-refractivity contribution < 1.29 is 42.2 Å². The molecule has 0 saturated carbocycles. The molecule has 0 saturated heterocycles. The van der Waals surface area contributed by atoms with Crippen LogP contribution in [0.3, 0.4) is 0 Å². The molecule has 0 fully saturated rings. The molecule has 0 aliphatic rings. The Kier molecular flexibility index (Phi) is 16.1. The SMILES string of the molecule is N=C(N)c1ccc(C[C@@H](C(=O)N[C@@H](COCc2ccccc2)C(=O)N[C@@H](CCCN=C(N)N)C(N)=O)c2ccc3ccccc3c2)cc1.O=C(O)C(F)(F)F. The molecule has 0 aliphatic carbocycles. The zero-order chi connectivity index (χ0) is 40.5. The van der Waals surface area contributed by atoms with Gasteiger partial charge in [0.2, 0.25) is 17.7 Å². The van der Waals surface area contributed by atoms with Gasteiger partial charge in [0.1, 0.15) is 17.9 Å². The van der Waals surface area contributed by atoms with E-state index in [-0.39, 0.29) is 38.0 Å². The number of nitrogen functional groups attached to an aromatic ring is 1. The summed E-state index contributed by atoms with van der Waals surface area (Å²) in [5, 5.41) is 22.4. The Morgan fingerprint density at radius 2 is 1.38 bits per heavy atom. The number of halogens is 3. The number of aliphatic imine (C=N–C) groups is 1. The number of nitrogens with two attached hydrogens (primary N) is 4. The molecule has 0 aliphatic heterocycles. The summed E-state index contributed by atoms with van der Waals surface area (Å²) < 4.78 is 37.6. The predicted molar refractivity (Wildman–Crippen MR) is 201 cm³/mol. The molecular formula is C38H43F3N8O6. The first-order valence-corrected chi connectivity index (χ1v) is 16.8. The molecule has 4 rings (SSSR count). The fourth-order valence-electron chi connectivity index (χ4n) is 5.23. The highest BCUT2D eigenvalue weighted by atomic mass is 19.4. The number of alkyl halides is 3. The van der Waals surface area contributed by atoms with E-state index in [1.807, 2.05) is 84.9 Å².